The smallest absolute Gasteiger partial charge is 0.263 e. The minimum atomic E-state index is -2.06. The van der Waals surface area contributed by atoms with Gasteiger partial charge >= 0.3 is 0 Å². The number of benzene rings is 1. The summed E-state index contributed by atoms with van der Waals surface area (Å²) in [5, 5.41) is -0.0861. The number of amides is 2. The van der Waals surface area contributed by atoms with Crippen LogP contribution in [0.5, 0.6) is 0 Å². The zero-order chi connectivity index (χ0) is 19.6. The monoisotopic (exact) mass is 336 g/mol. The third-order valence-electron chi connectivity index (χ3n) is 4.42. The second-order valence-corrected chi connectivity index (χ2v) is 6.42. The van der Waals surface area contributed by atoms with Gasteiger partial charge in [-0.3, -0.25) is 24.3 Å². The molecule has 1 aliphatic rings. The van der Waals surface area contributed by atoms with Gasteiger partial charge in [0.25, 0.3) is 5.56 Å². The summed E-state index contributed by atoms with van der Waals surface area (Å²) in [5.41, 5.74) is 3.37. The molecule has 0 saturated carbocycles. The summed E-state index contributed by atoms with van der Waals surface area (Å²) in [6.07, 6.45) is -0.531. The number of fused-ring (bicyclic) bond motifs is 1. The van der Waals surface area contributed by atoms with E-state index >= 15 is 0 Å². The van der Waals surface area contributed by atoms with Gasteiger partial charge in [0.2, 0.25) is 11.8 Å². The number of piperidine rings is 1. The maximum Gasteiger partial charge on any atom is 0.263 e. The predicted molar refractivity (Wildman–Crippen MR) is 102 cm³/mol. The number of carbonyl (C=O) groups is 2. The molecule has 0 aliphatic carbocycles. The van der Waals surface area contributed by atoms with Crippen molar-refractivity contribution in [2.75, 3.05) is 5.73 Å². The van der Waals surface area contributed by atoms with Crippen LogP contribution >= 0.6 is 0 Å². The number of nitrogens with zero attached hydrogens (tertiary/aromatic N) is 2. The SMILES string of the molecule is [B]c1cc([B])c2nc(C)n(C3([B])CC([B])([B])C(=O)NC3=O)c(=O)c2c1N. The molecule has 10 radical (unpaired) electrons. The molecule has 1 aromatic carbocycles. The van der Waals surface area contributed by atoms with Gasteiger partial charge in [-0.05, 0) is 18.6 Å². The Morgan fingerprint density at radius 3 is 2.38 bits per heavy atom. The largest absolute Gasteiger partial charge is 0.398 e. The summed E-state index contributed by atoms with van der Waals surface area (Å²) in [5.74, 6) is -1.80. The quantitative estimate of drug-likeness (QED) is 0.316. The summed E-state index contributed by atoms with van der Waals surface area (Å²) in [6, 6.07) is 1.38. The van der Waals surface area contributed by atoms with Crippen molar-refractivity contribution in [3.05, 3.63) is 22.2 Å². The van der Waals surface area contributed by atoms with Crippen molar-refractivity contribution in [1.82, 2.24) is 14.9 Å². The summed E-state index contributed by atoms with van der Waals surface area (Å²) >= 11 is 0. The van der Waals surface area contributed by atoms with E-state index in [2.05, 4.69) is 4.98 Å². The van der Waals surface area contributed by atoms with E-state index in [-0.39, 0.29) is 33.3 Å². The van der Waals surface area contributed by atoms with Crippen molar-refractivity contribution in [2.45, 2.75) is 24.0 Å². The Kier molecular flexibility index (Phi) is 3.94. The first-order valence-corrected chi connectivity index (χ1v) is 7.50. The maximum absolute atomic E-state index is 13.1. The van der Waals surface area contributed by atoms with Gasteiger partial charge in [0.15, 0.2) is 0 Å². The van der Waals surface area contributed by atoms with Crippen LogP contribution in [0.2, 0.25) is 5.21 Å². The van der Waals surface area contributed by atoms with E-state index in [1.54, 1.807) is 0 Å². The number of aryl methyl sites for hydroxylation is 1. The van der Waals surface area contributed by atoms with Gasteiger partial charge in [0, 0.05) is 5.69 Å². The van der Waals surface area contributed by atoms with Crippen LogP contribution in [0.1, 0.15) is 12.2 Å². The van der Waals surface area contributed by atoms with Crippen molar-refractivity contribution < 1.29 is 9.59 Å². The lowest BCUT2D eigenvalue weighted by Crippen LogP contribution is -2.63. The van der Waals surface area contributed by atoms with Crippen LogP contribution in [0.3, 0.4) is 0 Å². The number of nitrogens with two attached hydrogens (primary N) is 1. The Hall–Kier alpha value is -2.38. The summed E-state index contributed by atoms with van der Waals surface area (Å²) in [6.45, 7) is 1.44. The number of rotatable bonds is 1. The summed E-state index contributed by atoms with van der Waals surface area (Å²) < 4.78 is 0.890. The zero-order valence-corrected chi connectivity index (χ0v) is 13.9. The van der Waals surface area contributed by atoms with Crippen LogP contribution in [0.4, 0.5) is 5.69 Å². The van der Waals surface area contributed by atoms with Crippen molar-refractivity contribution >= 4 is 78.6 Å². The lowest BCUT2D eigenvalue weighted by Gasteiger charge is -2.43. The standard InChI is InChI=1S/C14H9B5N4O3/c1-4-21-9-6(16)2-5(15)8(20)7(9)10(24)23(4)14(19)3-13(17,18)11(25)22-12(14)26/h2H,3,20H2,1H3,(H,22,25,26). The number of nitrogen functional groups attached to an aromatic ring is 1. The second-order valence-electron chi connectivity index (χ2n) is 6.42. The van der Waals surface area contributed by atoms with Gasteiger partial charge in [-0.15, -0.1) is 0 Å². The molecule has 0 spiro atoms. The molecule has 26 heavy (non-hydrogen) atoms. The van der Waals surface area contributed by atoms with Crippen molar-refractivity contribution in [2.24, 2.45) is 0 Å². The number of hydrogen-bond acceptors (Lipinski definition) is 5. The topological polar surface area (TPSA) is 107 Å². The molecular weight excluding hydrogens is 326 g/mol. The van der Waals surface area contributed by atoms with E-state index in [4.69, 9.17) is 45.0 Å². The van der Waals surface area contributed by atoms with Crippen molar-refractivity contribution in [1.29, 1.82) is 0 Å². The number of anilines is 1. The first-order valence-electron chi connectivity index (χ1n) is 7.50. The third-order valence-corrected chi connectivity index (χ3v) is 4.42. The summed E-state index contributed by atoms with van der Waals surface area (Å²) in [7, 11) is 29.3. The second kappa shape index (κ2) is 5.56. The average Bonchev–Trinajstić information content (AvgIpc) is 2.50. The van der Waals surface area contributed by atoms with Gasteiger partial charge < -0.3 is 5.73 Å². The molecule has 2 amide bonds. The maximum atomic E-state index is 13.1. The first kappa shape index (κ1) is 18.4. The molecule has 2 aromatic rings. The predicted octanol–water partition coefficient (Wildman–Crippen LogP) is -3.80. The van der Waals surface area contributed by atoms with Gasteiger partial charge in [0.1, 0.15) is 29.4 Å². The lowest BCUT2D eigenvalue weighted by atomic mass is 9.45. The highest BCUT2D eigenvalue weighted by molar-refractivity contribution is 6.53. The highest BCUT2D eigenvalue weighted by Gasteiger charge is 2.49. The Morgan fingerprint density at radius 2 is 1.77 bits per heavy atom. The number of imide groups is 1. The van der Waals surface area contributed by atoms with Crippen molar-refractivity contribution in [3.63, 3.8) is 0 Å². The third kappa shape index (κ3) is 2.42. The van der Waals surface area contributed by atoms with E-state index in [1.165, 1.54) is 13.0 Å². The van der Waals surface area contributed by atoms with Crippen molar-refractivity contribution in [3.8, 4) is 0 Å². The van der Waals surface area contributed by atoms with E-state index in [1.807, 2.05) is 5.32 Å². The number of aromatic nitrogens is 2. The molecule has 7 nitrogen and oxygen atoms in total. The molecule has 1 saturated heterocycles. The normalized spacial score (nSPS) is 22.3. The van der Waals surface area contributed by atoms with Gasteiger partial charge in [-0.1, -0.05) is 17.0 Å². The lowest BCUT2D eigenvalue weighted by molar-refractivity contribution is -0.138. The molecule has 1 unspecified atom stereocenters. The fourth-order valence-corrected chi connectivity index (χ4v) is 3.12. The van der Waals surface area contributed by atoms with Gasteiger partial charge in [-0.25, -0.2) is 4.98 Å². The van der Waals surface area contributed by atoms with Crippen LogP contribution in [-0.2, 0) is 15.0 Å². The van der Waals surface area contributed by atoms with Crippen LogP contribution in [0.25, 0.3) is 10.9 Å². The number of hydrogen-bond donors (Lipinski definition) is 2. The Morgan fingerprint density at radius 1 is 1.15 bits per heavy atom. The van der Waals surface area contributed by atoms with Gasteiger partial charge in [-0.2, -0.15) is 0 Å². The molecule has 1 fully saturated rings. The van der Waals surface area contributed by atoms with Gasteiger partial charge in [0.05, 0.1) is 32.0 Å². The molecular formula is C14H9B5N4O3. The molecule has 2 heterocycles. The molecule has 0 bridgehead atoms. The Bertz CT molecular complexity index is 1050. The van der Waals surface area contributed by atoms with E-state index < -0.39 is 34.4 Å². The van der Waals surface area contributed by atoms with E-state index in [0.717, 1.165) is 4.57 Å². The van der Waals surface area contributed by atoms with Crippen LogP contribution < -0.4 is 27.5 Å². The number of carbonyl (C=O) groups excluding carboxylic acids is 2. The first-order chi connectivity index (χ1) is 11.9. The minimum absolute atomic E-state index is 0.0527. The number of nitrogens with one attached hydrogen (secondary N) is 1. The Labute approximate surface area is 155 Å². The minimum Gasteiger partial charge on any atom is -0.398 e. The molecule has 3 rings (SSSR count). The molecule has 118 valence electrons. The fourth-order valence-electron chi connectivity index (χ4n) is 3.12. The summed E-state index contributed by atoms with van der Waals surface area (Å²) in [4.78, 5) is 41.6. The molecule has 1 aromatic heterocycles. The highest BCUT2D eigenvalue weighted by atomic mass is 16.2. The zero-order valence-electron chi connectivity index (χ0n) is 13.9. The van der Waals surface area contributed by atoms with E-state index in [0.29, 0.717) is 0 Å². The Balaban J connectivity index is 2.39. The van der Waals surface area contributed by atoms with E-state index in [9.17, 15) is 14.4 Å². The molecule has 1 aliphatic heterocycles. The molecule has 12 heteroatoms. The van der Waals surface area contributed by atoms with Crippen LogP contribution in [0, 0.1) is 6.92 Å². The van der Waals surface area contributed by atoms with Crippen LogP contribution in [0.15, 0.2) is 10.9 Å². The fraction of sp³-hybridized carbons (Fsp3) is 0.286. The highest BCUT2D eigenvalue weighted by Crippen LogP contribution is 2.36. The molecule has 1 atom stereocenters. The molecule has 3 N–H and O–H groups in total. The van der Waals surface area contributed by atoms with Crippen LogP contribution in [-0.4, -0.2) is 60.6 Å². The average molecular weight is 335 g/mol.